The lowest BCUT2D eigenvalue weighted by molar-refractivity contribution is 0.0559. The molecule has 0 fully saturated rings. The highest BCUT2D eigenvalue weighted by Gasteiger charge is 2.32. The monoisotopic (exact) mass is 391 g/mol. The standard InChI is InChI=1S/C23H21NO5/c1-5-15-16-10-7-11-17-19(22(25)28-3)20(23(26)29-4)21(24(16)17)18(15)13-8-6-9-14(12-13)27-2/h6-12H,5H2,1-4H3. The molecule has 0 aliphatic carbocycles. The highest BCUT2D eigenvalue weighted by molar-refractivity contribution is 6.18. The first-order valence-corrected chi connectivity index (χ1v) is 9.29. The lowest BCUT2D eigenvalue weighted by atomic mass is 9.96. The van der Waals surface area contributed by atoms with Crippen LogP contribution in [-0.4, -0.2) is 37.7 Å². The summed E-state index contributed by atoms with van der Waals surface area (Å²) in [4.78, 5) is 25.5. The fraction of sp³-hybridized carbons (Fsp3) is 0.217. The maximum atomic E-state index is 12.8. The van der Waals surface area contributed by atoms with Crippen LogP contribution in [-0.2, 0) is 15.9 Å². The molecule has 0 aliphatic heterocycles. The summed E-state index contributed by atoms with van der Waals surface area (Å²) in [5.41, 5.74) is 5.51. The van der Waals surface area contributed by atoms with E-state index in [2.05, 4.69) is 6.92 Å². The molecule has 0 aliphatic rings. The molecular formula is C23H21NO5. The Labute approximate surface area is 167 Å². The van der Waals surface area contributed by atoms with Crippen molar-refractivity contribution in [3.8, 4) is 16.9 Å². The van der Waals surface area contributed by atoms with Crippen molar-refractivity contribution in [2.45, 2.75) is 13.3 Å². The predicted octanol–water partition coefficient (Wildman–Crippen LogP) is 4.34. The molecule has 4 aromatic rings. The number of aryl methyl sites for hydroxylation is 1. The minimum absolute atomic E-state index is 0.215. The Morgan fingerprint density at radius 3 is 2.21 bits per heavy atom. The second-order valence-corrected chi connectivity index (χ2v) is 6.65. The average molecular weight is 391 g/mol. The predicted molar refractivity (Wildman–Crippen MR) is 110 cm³/mol. The highest BCUT2D eigenvalue weighted by atomic mass is 16.5. The van der Waals surface area contributed by atoms with Crippen LogP contribution in [0.25, 0.3) is 27.7 Å². The maximum Gasteiger partial charge on any atom is 0.340 e. The average Bonchev–Trinajstić information content (AvgIpc) is 3.28. The van der Waals surface area contributed by atoms with Crippen molar-refractivity contribution in [2.24, 2.45) is 0 Å². The minimum atomic E-state index is -0.576. The Morgan fingerprint density at radius 1 is 0.897 bits per heavy atom. The molecule has 0 radical (unpaired) electrons. The number of aromatic nitrogens is 1. The Bertz CT molecular complexity index is 1240. The summed E-state index contributed by atoms with van der Waals surface area (Å²) in [7, 11) is 4.23. The van der Waals surface area contributed by atoms with Gasteiger partial charge in [0.15, 0.2) is 0 Å². The van der Waals surface area contributed by atoms with Gasteiger partial charge in [-0.1, -0.05) is 25.1 Å². The number of hydrogen-bond acceptors (Lipinski definition) is 5. The molecule has 0 amide bonds. The zero-order valence-electron chi connectivity index (χ0n) is 16.7. The Kier molecular flexibility index (Phi) is 4.62. The van der Waals surface area contributed by atoms with E-state index < -0.39 is 11.9 Å². The van der Waals surface area contributed by atoms with Crippen LogP contribution in [0.4, 0.5) is 0 Å². The second-order valence-electron chi connectivity index (χ2n) is 6.65. The molecule has 29 heavy (non-hydrogen) atoms. The highest BCUT2D eigenvalue weighted by Crippen LogP contribution is 2.42. The zero-order chi connectivity index (χ0) is 20.7. The van der Waals surface area contributed by atoms with E-state index in [4.69, 9.17) is 14.2 Å². The number of pyridine rings is 1. The number of carbonyl (C=O) groups excluding carboxylic acids is 2. The molecule has 6 heteroatoms. The molecule has 3 heterocycles. The number of nitrogens with zero attached hydrogens (tertiary/aromatic N) is 1. The first kappa shape index (κ1) is 18.8. The van der Waals surface area contributed by atoms with Crippen LogP contribution in [0, 0.1) is 0 Å². The largest absolute Gasteiger partial charge is 0.497 e. The number of methoxy groups -OCH3 is 3. The van der Waals surface area contributed by atoms with Gasteiger partial charge in [-0.15, -0.1) is 0 Å². The maximum absolute atomic E-state index is 12.8. The summed E-state index contributed by atoms with van der Waals surface area (Å²) >= 11 is 0. The lowest BCUT2D eigenvalue weighted by Crippen LogP contribution is -2.10. The minimum Gasteiger partial charge on any atom is -0.497 e. The number of benzene rings is 1. The summed E-state index contributed by atoms with van der Waals surface area (Å²) in [5.74, 6) is -0.439. The van der Waals surface area contributed by atoms with Crippen LogP contribution in [0.2, 0.25) is 0 Å². The van der Waals surface area contributed by atoms with Crippen LogP contribution in [0.3, 0.4) is 0 Å². The normalized spacial score (nSPS) is 11.2. The molecule has 1 aromatic carbocycles. The molecule has 0 spiro atoms. The SMILES string of the molecule is CCc1c(-c2cccc(OC)c2)c2c(C(=O)OC)c(C(=O)OC)c3cccc1n32. The van der Waals surface area contributed by atoms with Gasteiger partial charge in [0.25, 0.3) is 0 Å². The quantitative estimate of drug-likeness (QED) is 0.474. The molecule has 0 unspecified atom stereocenters. The number of ether oxygens (including phenoxy) is 3. The van der Waals surface area contributed by atoms with Gasteiger partial charge in [0.1, 0.15) is 16.9 Å². The number of carbonyl (C=O) groups is 2. The summed E-state index contributed by atoms with van der Waals surface area (Å²) < 4.78 is 17.4. The van der Waals surface area contributed by atoms with Crippen molar-refractivity contribution in [2.75, 3.05) is 21.3 Å². The van der Waals surface area contributed by atoms with Gasteiger partial charge in [-0.3, -0.25) is 0 Å². The van der Waals surface area contributed by atoms with Gasteiger partial charge in [0, 0.05) is 5.56 Å². The van der Waals surface area contributed by atoms with Gasteiger partial charge in [0.2, 0.25) is 0 Å². The Balaban J connectivity index is 2.24. The van der Waals surface area contributed by atoms with E-state index in [1.165, 1.54) is 14.2 Å². The Morgan fingerprint density at radius 2 is 1.55 bits per heavy atom. The fourth-order valence-corrected chi connectivity index (χ4v) is 4.10. The number of hydrogen-bond donors (Lipinski definition) is 0. The van der Waals surface area contributed by atoms with Crippen LogP contribution >= 0.6 is 0 Å². The van der Waals surface area contributed by atoms with E-state index in [0.29, 0.717) is 16.8 Å². The van der Waals surface area contributed by atoms with Gasteiger partial charge in [-0.2, -0.15) is 0 Å². The van der Waals surface area contributed by atoms with Gasteiger partial charge in [-0.25, -0.2) is 9.59 Å². The van der Waals surface area contributed by atoms with Gasteiger partial charge < -0.3 is 18.6 Å². The third kappa shape index (κ3) is 2.63. The zero-order valence-corrected chi connectivity index (χ0v) is 16.7. The lowest BCUT2D eigenvalue weighted by Gasteiger charge is -2.08. The molecule has 0 atom stereocenters. The van der Waals surface area contributed by atoms with E-state index in [1.54, 1.807) is 7.11 Å². The molecule has 3 aromatic heterocycles. The smallest absolute Gasteiger partial charge is 0.340 e. The molecule has 4 rings (SSSR count). The summed E-state index contributed by atoms with van der Waals surface area (Å²) in [6.07, 6.45) is 0.751. The molecule has 0 saturated carbocycles. The van der Waals surface area contributed by atoms with E-state index in [1.807, 2.05) is 46.9 Å². The molecule has 0 saturated heterocycles. The van der Waals surface area contributed by atoms with Crippen molar-refractivity contribution in [3.63, 3.8) is 0 Å². The van der Waals surface area contributed by atoms with Crippen molar-refractivity contribution in [1.29, 1.82) is 0 Å². The summed E-state index contributed by atoms with van der Waals surface area (Å²) in [6.45, 7) is 2.07. The van der Waals surface area contributed by atoms with Crippen molar-refractivity contribution < 1.29 is 23.8 Å². The van der Waals surface area contributed by atoms with Crippen LogP contribution in [0.5, 0.6) is 5.75 Å². The van der Waals surface area contributed by atoms with Crippen molar-refractivity contribution in [1.82, 2.24) is 4.40 Å². The molecule has 148 valence electrons. The van der Waals surface area contributed by atoms with E-state index >= 15 is 0 Å². The van der Waals surface area contributed by atoms with Crippen LogP contribution in [0.15, 0.2) is 42.5 Å². The third-order valence-corrected chi connectivity index (χ3v) is 5.30. The van der Waals surface area contributed by atoms with E-state index in [9.17, 15) is 9.59 Å². The van der Waals surface area contributed by atoms with Crippen LogP contribution in [0.1, 0.15) is 33.2 Å². The molecule has 0 bridgehead atoms. The molecule has 6 nitrogen and oxygen atoms in total. The summed E-state index contributed by atoms with van der Waals surface area (Å²) in [6, 6.07) is 13.4. The van der Waals surface area contributed by atoms with E-state index in [-0.39, 0.29) is 11.1 Å². The number of esters is 2. The summed E-state index contributed by atoms with van der Waals surface area (Å²) in [5, 5.41) is 0. The van der Waals surface area contributed by atoms with Crippen molar-refractivity contribution >= 4 is 28.5 Å². The first-order valence-electron chi connectivity index (χ1n) is 9.29. The topological polar surface area (TPSA) is 66.2 Å². The van der Waals surface area contributed by atoms with Gasteiger partial charge in [-0.05, 0) is 41.8 Å². The Hall–Kier alpha value is -3.54. The molecular weight excluding hydrogens is 370 g/mol. The fourth-order valence-electron chi connectivity index (χ4n) is 4.10. The molecule has 0 N–H and O–H groups in total. The van der Waals surface area contributed by atoms with Crippen molar-refractivity contribution in [3.05, 3.63) is 59.2 Å². The van der Waals surface area contributed by atoms with E-state index in [0.717, 1.165) is 28.6 Å². The third-order valence-electron chi connectivity index (χ3n) is 5.30. The van der Waals surface area contributed by atoms with Gasteiger partial charge in [0.05, 0.1) is 37.9 Å². The van der Waals surface area contributed by atoms with Crippen LogP contribution < -0.4 is 4.74 Å². The first-order chi connectivity index (χ1) is 14.1. The second kappa shape index (κ2) is 7.13. The van der Waals surface area contributed by atoms with Gasteiger partial charge >= 0.3 is 11.9 Å². The number of rotatable bonds is 5.